The van der Waals surface area contributed by atoms with Gasteiger partial charge < -0.3 is 15.4 Å². The summed E-state index contributed by atoms with van der Waals surface area (Å²) in [5.74, 6) is -0.888. The third-order valence-electron chi connectivity index (χ3n) is 4.15. The first kappa shape index (κ1) is 19.6. The first-order valence-electron chi connectivity index (χ1n) is 8.57. The normalized spacial score (nSPS) is 11.5. The van der Waals surface area contributed by atoms with Crippen LogP contribution in [0.4, 0.5) is 10.1 Å². The molecule has 5 nitrogen and oxygen atoms in total. The van der Waals surface area contributed by atoms with Crippen molar-refractivity contribution in [1.29, 1.82) is 0 Å². The summed E-state index contributed by atoms with van der Waals surface area (Å²) < 4.78 is 18.8. The number of ether oxygens (including phenoxy) is 1. The zero-order chi connectivity index (χ0) is 20.1. The van der Waals surface area contributed by atoms with Crippen molar-refractivity contribution in [3.8, 4) is 5.75 Å². The fourth-order valence-electron chi connectivity index (χ4n) is 2.65. The number of carbonyl (C=O) groups excluding carboxylic acids is 2. The van der Waals surface area contributed by atoms with Gasteiger partial charge in [0.05, 0.1) is 18.0 Å². The molecule has 0 bridgehead atoms. The number of thiophene rings is 1. The number of amides is 2. The van der Waals surface area contributed by atoms with Gasteiger partial charge in [-0.15, -0.1) is 11.3 Å². The van der Waals surface area contributed by atoms with E-state index < -0.39 is 11.9 Å². The quantitative estimate of drug-likeness (QED) is 0.636. The number of hydrogen-bond acceptors (Lipinski definition) is 4. The van der Waals surface area contributed by atoms with E-state index in [1.165, 1.54) is 30.6 Å². The Bertz CT molecular complexity index is 989. The van der Waals surface area contributed by atoms with Crippen molar-refractivity contribution in [2.45, 2.75) is 13.0 Å². The predicted molar refractivity (Wildman–Crippen MR) is 108 cm³/mol. The van der Waals surface area contributed by atoms with Crippen LogP contribution in [0.15, 0.2) is 60.0 Å². The summed E-state index contributed by atoms with van der Waals surface area (Å²) in [6.45, 7) is 1.77. The van der Waals surface area contributed by atoms with Crippen LogP contribution in [0, 0.1) is 5.82 Å². The van der Waals surface area contributed by atoms with Crippen molar-refractivity contribution < 1.29 is 18.7 Å². The Labute approximate surface area is 166 Å². The van der Waals surface area contributed by atoms with Gasteiger partial charge in [-0.3, -0.25) is 9.59 Å². The third-order valence-corrected chi connectivity index (χ3v) is 5.02. The topological polar surface area (TPSA) is 67.4 Å². The van der Waals surface area contributed by atoms with Crippen LogP contribution in [0.25, 0.3) is 0 Å². The minimum absolute atomic E-state index is 0.149. The highest BCUT2D eigenvalue weighted by atomic mass is 32.1. The Morgan fingerprint density at radius 3 is 2.57 bits per heavy atom. The van der Waals surface area contributed by atoms with Gasteiger partial charge in [0.1, 0.15) is 0 Å². The fraction of sp³-hybridized carbons (Fsp3) is 0.143. The lowest BCUT2D eigenvalue weighted by molar-refractivity contribution is 0.0938. The van der Waals surface area contributed by atoms with Crippen LogP contribution in [0.1, 0.15) is 38.6 Å². The molecule has 2 aromatic carbocycles. The van der Waals surface area contributed by atoms with Gasteiger partial charge in [0.25, 0.3) is 11.8 Å². The van der Waals surface area contributed by atoms with Crippen molar-refractivity contribution in [1.82, 2.24) is 5.32 Å². The van der Waals surface area contributed by atoms with E-state index in [-0.39, 0.29) is 17.6 Å². The van der Waals surface area contributed by atoms with E-state index in [4.69, 9.17) is 4.74 Å². The molecular weight excluding hydrogens is 379 g/mol. The molecule has 1 aromatic heterocycles. The Kier molecular flexibility index (Phi) is 6.06. The number of anilines is 1. The number of benzene rings is 2. The molecule has 0 unspecified atom stereocenters. The Morgan fingerprint density at radius 2 is 1.89 bits per heavy atom. The average molecular weight is 398 g/mol. The van der Waals surface area contributed by atoms with E-state index in [0.717, 1.165) is 0 Å². The summed E-state index contributed by atoms with van der Waals surface area (Å²) in [4.78, 5) is 25.3. The summed E-state index contributed by atoms with van der Waals surface area (Å²) in [6, 6.07) is 14.3. The molecule has 3 aromatic rings. The molecule has 3 rings (SSSR count). The molecule has 144 valence electrons. The number of carbonyl (C=O) groups is 2. The fourth-order valence-corrected chi connectivity index (χ4v) is 3.27. The van der Waals surface area contributed by atoms with Crippen LogP contribution >= 0.6 is 11.3 Å². The van der Waals surface area contributed by atoms with E-state index in [1.807, 2.05) is 5.38 Å². The molecule has 0 radical (unpaired) electrons. The maximum Gasteiger partial charge on any atom is 0.265 e. The van der Waals surface area contributed by atoms with Crippen molar-refractivity contribution >= 4 is 28.8 Å². The molecule has 0 aliphatic carbocycles. The molecule has 7 heteroatoms. The monoisotopic (exact) mass is 398 g/mol. The number of hydrogen-bond donors (Lipinski definition) is 2. The lowest BCUT2D eigenvalue weighted by atomic mass is 10.1. The predicted octanol–water partition coefficient (Wildman–Crippen LogP) is 4.64. The van der Waals surface area contributed by atoms with Crippen molar-refractivity contribution in [3.05, 3.63) is 81.8 Å². The summed E-state index contributed by atoms with van der Waals surface area (Å²) in [6.07, 6.45) is 0. The SMILES string of the molecule is COc1ccc([C@@H](C)NC(=O)c2cccc(NC(=O)c3cccs3)c2)cc1F. The van der Waals surface area contributed by atoms with Crippen molar-refractivity contribution in [3.63, 3.8) is 0 Å². The van der Waals surface area contributed by atoms with Crippen molar-refractivity contribution in [2.24, 2.45) is 0 Å². The first-order valence-corrected chi connectivity index (χ1v) is 9.45. The molecule has 2 amide bonds. The third kappa shape index (κ3) is 4.55. The minimum Gasteiger partial charge on any atom is -0.494 e. The van der Waals surface area contributed by atoms with Crippen LogP contribution < -0.4 is 15.4 Å². The number of halogens is 1. The zero-order valence-electron chi connectivity index (χ0n) is 15.4. The lowest BCUT2D eigenvalue weighted by Crippen LogP contribution is -2.26. The number of rotatable bonds is 6. The van der Waals surface area contributed by atoms with Gasteiger partial charge in [-0.05, 0) is 54.3 Å². The highest BCUT2D eigenvalue weighted by molar-refractivity contribution is 7.12. The second-order valence-electron chi connectivity index (χ2n) is 6.10. The zero-order valence-corrected chi connectivity index (χ0v) is 16.2. The molecule has 0 aliphatic rings. The van der Waals surface area contributed by atoms with Gasteiger partial charge in [-0.25, -0.2) is 4.39 Å². The molecule has 28 heavy (non-hydrogen) atoms. The van der Waals surface area contributed by atoms with E-state index >= 15 is 0 Å². The lowest BCUT2D eigenvalue weighted by Gasteiger charge is -2.16. The minimum atomic E-state index is -0.487. The van der Waals surface area contributed by atoms with Crippen molar-refractivity contribution in [2.75, 3.05) is 12.4 Å². The summed E-state index contributed by atoms with van der Waals surface area (Å²) in [5.41, 5.74) is 1.54. The second kappa shape index (κ2) is 8.67. The van der Waals surface area contributed by atoms with Crippen LogP contribution in [0.5, 0.6) is 5.75 Å². The highest BCUT2D eigenvalue weighted by Crippen LogP contribution is 2.22. The Morgan fingerprint density at radius 1 is 1.07 bits per heavy atom. The first-order chi connectivity index (χ1) is 13.5. The molecule has 0 aliphatic heterocycles. The van der Waals surface area contributed by atoms with Crippen LogP contribution in [0.2, 0.25) is 0 Å². The standard InChI is InChI=1S/C21H19FN2O3S/c1-13(14-8-9-18(27-2)17(22)12-14)23-20(25)15-5-3-6-16(11-15)24-21(26)19-7-4-10-28-19/h3-13H,1-2H3,(H,23,25)(H,24,26)/t13-/m1/s1. The molecule has 0 saturated heterocycles. The maximum absolute atomic E-state index is 13.9. The summed E-state index contributed by atoms with van der Waals surface area (Å²) in [5, 5.41) is 7.42. The molecule has 0 spiro atoms. The van der Waals surface area contributed by atoms with Crippen LogP contribution in [-0.4, -0.2) is 18.9 Å². The molecule has 2 N–H and O–H groups in total. The van der Waals surface area contributed by atoms with Crippen LogP contribution in [-0.2, 0) is 0 Å². The van der Waals surface area contributed by atoms with Gasteiger partial charge in [-0.2, -0.15) is 0 Å². The van der Waals surface area contributed by atoms with Gasteiger partial charge in [0, 0.05) is 11.3 Å². The van der Waals surface area contributed by atoms with E-state index in [9.17, 15) is 14.0 Å². The smallest absolute Gasteiger partial charge is 0.265 e. The average Bonchev–Trinajstić information content (AvgIpc) is 3.23. The van der Waals surface area contributed by atoms with Gasteiger partial charge in [0.15, 0.2) is 11.6 Å². The van der Waals surface area contributed by atoms with Gasteiger partial charge in [-0.1, -0.05) is 18.2 Å². The Hall–Kier alpha value is -3.19. The molecule has 1 heterocycles. The summed E-state index contributed by atoms with van der Waals surface area (Å²) in [7, 11) is 1.40. The number of nitrogens with one attached hydrogen (secondary N) is 2. The molecule has 0 saturated carbocycles. The Balaban J connectivity index is 1.68. The maximum atomic E-state index is 13.9. The molecular formula is C21H19FN2O3S. The summed E-state index contributed by atoms with van der Waals surface area (Å²) >= 11 is 1.34. The largest absolute Gasteiger partial charge is 0.494 e. The second-order valence-corrected chi connectivity index (χ2v) is 7.05. The highest BCUT2D eigenvalue weighted by Gasteiger charge is 2.15. The molecule has 1 atom stereocenters. The van der Waals surface area contributed by atoms with Gasteiger partial charge >= 0.3 is 0 Å². The van der Waals surface area contributed by atoms with E-state index in [2.05, 4.69) is 10.6 Å². The van der Waals surface area contributed by atoms with Crippen LogP contribution in [0.3, 0.4) is 0 Å². The van der Waals surface area contributed by atoms with E-state index in [0.29, 0.717) is 21.7 Å². The number of methoxy groups -OCH3 is 1. The van der Waals surface area contributed by atoms with E-state index in [1.54, 1.807) is 49.4 Å². The van der Waals surface area contributed by atoms with Gasteiger partial charge in [0.2, 0.25) is 0 Å². The molecule has 0 fully saturated rings.